The van der Waals surface area contributed by atoms with Crippen molar-refractivity contribution < 1.29 is 4.79 Å². The highest BCUT2D eigenvalue weighted by molar-refractivity contribution is 7.11. The number of halogens is 2. The number of hydrogen-bond donors (Lipinski definition) is 2. The van der Waals surface area contributed by atoms with Gasteiger partial charge in [0.15, 0.2) is 0 Å². The van der Waals surface area contributed by atoms with E-state index in [0.717, 1.165) is 24.5 Å². The first-order chi connectivity index (χ1) is 9.72. The van der Waals surface area contributed by atoms with Crippen molar-refractivity contribution in [3.8, 4) is 0 Å². The quantitative estimate of drug-likeness (QED) is 0.813. The maximum Gasteiger partial charge on any atom is 0.220 e. The van der Waals surface area contributed by atoms with Crippen molar-refractivity contribution in [2.75, 3.05) is 13.1 Å². The Balaban J connectivity index is 0.00000121. The van der Waals surface area contributed by atoms with Crippen LogP contribution in [0.4, 0.5) is 0 Å². The van der Waals surface area contributed by atoms with Crippen molar-refractivity contribution in [1.82, 2.24) is 15.6 Å². The van der Waals surface area contributed by atoms with Crippen LogP contribution in [-0.4, -0.2) is 24.0 Å². The summed E-state index contributed by atoms with van der Waals surface area (Å²) in [6.07, 6.45) is 7.22. The van der Waals surface area contributed by atoms with Gasteiger partial charge in [-0.25, -0.2) is 4.98 Å². The smallest absolute Gasteiger partial charge is 0.220 e. The van der Waals surface area contributed by atoms with E-state index in [1.807, 2.05) is 6.20 Å². The number of aromatic nitrogens is 1. The number of carbonyl (C=O) groups is 1. The Hall–Kier alpha value is -0.360. The number of carbonyl (C=O) groups excluding carboxylic acids is 1. The Morgan fingerprint density at radius 2 is 2.23 bits per heavy atom. The van der Waals surface area contributed by atoms with Crippen LogP contribution < -0.4 is 10.6 Å². The summed E-state index contributed by atoms with van der Waals surface area (Å²) in [5.74, 6) is 1.49. The van der Waals surface area contributed by atoms with Gasteiger partial charge < -0.3 is 10.6 Å². The largest absolute Gasteiger partial charge is 0.347 e. The number of nitrogens with zero attached hydrogens (tertiary/aromatic N) is 1. The van der Waals surface area contributed by atoms with Crippen molar-refractivity contribution in [3.05, 3.63) is 16.1 Å². The predicted molar refractivity (Wildman–Crippen MR) is 95.2 cm³/mol. The first-order valence-corrected chi connectivity index (χ1v) is 8.46. The zero-order valence-electron chi connectivity index (χ0n) is 12.8. The van der Waals surface area contributed by atoms with E-state index >= 15 is 0 Å². The van der Waals surface area contributed by atoms with Gasteiger partial charge in [-0.2, -0.15) is 0 Å². The van der Waals surface area contributed by atoms with E-state index in [1.165, 1.54) is 24.1 Å². The third-order valence-electron chi connectivity index (χ3n) is 4.26. The molecule has 22 heavy (non-hydrogen) atoms. The van der Waals surface area contributed by atoms with Gasteiger partial charge in [-0.3, -0.25) is 4.79 Å². The van der Waals surface area contributed by atoms with Gasteiger partial charge in [0.25, 0.3) is 0 Å². The predicted octanol–water partition coefficient (Wildman–Crippen LogP) is 3.25. The Kier molecular flexibility index (Phi) is 8.11. The van der Waals surface area contributed by atoms with Gasteiger partial charge >= 0.3 is 0 Å². The van der Waals surface area contributed by atoms with Crippen LogP contribution in [0.25, 0.3) is 0 Å². The number of aryl methyl sites for hydroxylation is 1. The van der Waals surface area contributed by atoms with Crippen molar-refractivity contribution in [1.29, 1.82) is 0 Å². The lowest BCUT2D eigenvalue weighted by molar-refractivity contribution is -0.122. The van der Waals surface area contributed by atoms with Gasteiger partial charge in [-0.15, -0.1) is 36.2 Å². The molecule has 1 amide bonds. The van der Waals surface area contributed by atoms with Crippen molar-refractivity contribution in [2.45, 2.75) is 45.1 Å². The number of nitrogens with one attached hydrogen (secondary N) is 2. The normalized spacial score (nSPS) is 21.6. The van der Waals surface area contributed by atoms with E-state index in [1.54, 1.807) is 11.3 Å². The van der Waals surface area contributed by atoms with Crippen molar-refractivity contribution in [2.24, 2.45) is 11.8 Å². The Morgan fingerprint density at radius 1 is 1.45 bits per heavy atom. The molecule has 126 valence electrons. The molecule has 1 saturated heterocycles. The van der Waals surface area contributed by atoms with E-state index < -0.39 is 0 Å². The average molecular weight is 366 g/mol. The first kappa shape index (κ1) is 19.7. The highest BCUT2D eigenvalue weighted by Crippen LogP contribution is 2.42. The standard InChI is InChI=1S/C15H23N3OS.2ClH/c1-10-8-17-15(20-10)14(12-3-4-12)18-13(19)5-2-11-6-7-16-9-11;;/h8,11-12,14,16H,2-7,9H2,1H3,(H,18,19);2*1H. The fourth-order valence-corrected chi connectivity index (χ4v) is 3.79. The zero-order valence-corrected chi connectivity index (χ0v) is 15.3. The zero-order chi connectivity index (χ0) is 13.9. The molecule has 2 aliphatic rings. The van der Waals surface area contributed by atoms with Crippen LogP contribution in [0, 0.1) is 18.8 Å². The monoisotopic (exact) mass is 365 g/mol. The van der Waals surface area contributed by atoms with E-state index in [-0.39, 0.29) is 36.8 Å². The van der Waals surface area contributed by atoms with Crippen molar-refractivity contribution in [3.63, 3.8) is 0 Å². The fourth-order valence-electron chi connectivity index (χ4n) is 2.87. The van der Waals surface area contributed by atoms with Crippen LogP contribution in [0.2, 0.25) is 0 Å². The van der Waals surface area contributed by atoms with Crippen LogP contribution in [0.15, 0.2) is 6.20 Å². The van der Waals surface area contributed by atoms with Crippen LogP contribution in [0.1, 0.15) is 48.0 Å². The molecule has 1 aromatic heterocycles. The molecule has 3 rings (SSSR count). The molecule has 1 aliphatic heterocycles. The number of amides is 1. The maximum atomic E-state index is 12.2. The van der Waals surface area contributed by atoms with Gasteiger partial charge in [0, 0.05) is 17.5 Å². The van der Waals surface area contributed by atoms with Crippen LogP contribution >= 0.6 is 36.2 Å². The Bertz CT molecular complexity index is 473. The third kappa shape index (κ3) is 5.37. The summed E-state index contributed by atoms with van der Waals surface area (Å²) in [7, 11) is 0. The molecule has 1 aromatic rings. The van der Waals surface area contributed by atoms with Gasteiger partial charge in [-0.1, -0.05) is 0 Å². The van der Waals surface area contributed by atoms with E-state index in [4.69, 9.17) is 0 Å². The molecule has 2 N–H and O–H groups in total. The summed E-state index contributed by atoms with van der Waals surface area (Å²) >= 11 is 1.71. The lowest BCUT2D eigenvalue weighted by Crippen LogP contribution is -2.30. The van der Waals surface area contributed by atoms with E-state index in [9.17, 15) is 4.79 Å². The summed E-state index contributed by atoms with van der Waals surface area (Å²) in [5, 5.41) is 7.66. The second-order valence-corrected chi connectivity index (χ2v) is 7.36. The molecule has 2 heterocycles. The van der Waals surface area contributed by atoms with Crippen LogP contribution in [-0.2, 0) is 4.79 Å². The highest BCUT2D eigenvalue weighted by atomic mass is 35.5. The van der Waals surface area contributed by atoms with Gasteiger partial charge in [0.1, 0.15) is 5.01 Å². The maximum absolute atomic E-state index is 12.2. The molecule has 0 aromatic carbocycles. The average Bonchev–Trinajstić information content (AvgIpc) is 2.96. The van der Waals surface area contributed by atoms with Crippen LogP contribution in [0.5, 0.6) is 0 Å². The Labute approximate surface area is 148 Å². The SMILES string of the molecule is Cc1cnc(C(NC(=O)CCC2CCNC2)C2CC2)s1.Cl.Cl. The number of hydrogen-bond acceptors (Lipinski definition) is 4. The molecular formula is C15H25Cl2N3OS. The number of rotatable bonds is 6. The molecular weight excluding hydrogens is 341 g/mol. The molecule has 4 nitrogen and oxygen atoms in total. The molecule has 1 saturated carbocycles. The van der Waals surface area contributed by atoms with Crippen molar-refractivity contribution >= 4 is 42.1 Å². The molecule has 2 atom stereocenters. The summed E-state index contributed by atoms with van der Waals surface area (Å²) in [4.78, 5) is 17.8. The minimum Gasteiger partial charge on any atom is -0.347 e. The van der Waals surface area contributed by atoms with Crippen LogP contribution in [0.3, 0.4) is 0 Å². The minimum absolute atomic E-state index is 0. The fraction of sp³-hybridized carbons (Fsp3) is 0.733. The molecule has 0 spiro atoms. The lowest BCUT2D eigenvalue weighted by atomic mass is 10.0. The van der Waals surface area contributed by atoms with E-state index in [2.05, 4.69) is 22.5 Å². The van der Waals surface area contributed by atoms with E-state index in [0.29, 0.717) is 18.3 Å². The van der Waals surface area contributed by atoms with Gasteiger partial charge in [0.05, 0.1) is 6.04 Å². The first-order valence-electron chi connectivity index (χ1n) is 7.65. The Morgan fingerprint density at radius 3 is 2.77 bits per heavy atom. The molecule has 2 fully saturated rings. The lowest BCUT2D eigenvalue weighted by Gasteiger charge is -2.16. The summed E-state index contributed by atoms with van der Waals surface area (Å²) < 4.78 is 0. The second-order valence-electron chi connectivity index (χ2n) is 6.09. The summed E-state index contributed by atoms with van der Waals surface area (Å²) in [5.41, 5.74) is 0. The molecule has 0 radical (unpaired) electrons. The minimum atomic E-state index is 0. The molecule has 2 unspecified atom stereocenters. The molecule has 7 heteroatoms. The van der Waals surface area contributed by atoms with Gasteiger partial charge in [-0.05, 0) is 57.5 Å². The summed E-state index contributed by atoms with van der Waals surface area (Å²) in [6.45, 7) is 4.25. The van der Waals surface area contributed by atoms with Gasteiger partial charge in [0.2, 0.25) is 5.91 Å². The molecule has 0 bridgehead atoms. The highest BCUT2D eigenvalue weighted by Gasteiger charge is 2.35. The second kappa shape index (κ2) is 9.06. The summed E-state index contributed by atoms with van der Waals surface area (Å²) in [6, 6.07) is 0.155. The topological polar surface area (TPSA) is 54.0 Å². The molecule has 1 aliphatic carbocycles. The number of thiazole rings is 1. The third-order valence-corrected chi connectivity index (χ3v) is 5.25.